The number of benzene rings is 4. The van der Waals surface area contributed by atoms with Crippen LogP contribution in [0.1, 0.15) is 30.9 Å². The van der Waals surface area contributed by atoms with Gasteiger partial charge in [-0.15, -0.1) is 0 Å². The minimum Gasteiger partial charge on any atom is -0.354 e. The second kappa shape index (κ2) is 15.6. The van der Waals surface area contributed by atoms with E-state index in [9.17, 15) is 28.1 Å². The van der Waals surface area contributed by atoms with Crippen molar-refractivity contribution in [3.63, 3.8) is 0 Å². The maximum absolute atomic E-state index is 14.4. The molecule has 0 aromatic heterocycles. The van der Waals surface area contributed by atoms with E-state index in [4.69, 9.17) is 0 Å². The molecule has 0 spiro atoms. The van der Waals surface area contributed by atoms with E-state index < -0.39 is 33.4 Å². The van der Waals surface area contributed by atoms with Crippen LogP contribution in [0.25, 0.3) is 0 Å². The molecule has 0 aliphatic carbocycles. The first-order chi connectivity index (χ1) is 21.7. The molecule has 4 aromatic rings. The van der Waals surface area contributed by atoms with Gasteiger partial charge in [-0.2, -0.15) is 0 Å². The summed E-state index contributed by atoms with van der Waals surface area (Å²) in [4.78, 5) is 40.2. The van der Waals surface area contributed by atoms with E-state index in [1.165, 1.54) is 41.3 Å². The first-order valence-electron chi connectivity index (χ1n) is 14.7. The van der Waals surface area contributed by atoms with Gasteiger partial charge >= 0.3 is 0 Å². The molecule has 0 aliphatic heterocycles. The Hall–Kier alpha value is -5.03. The summed E-state index contributed by atoms with van der Waals surface area (Å²) in [5.41, 5.74) is 1.45. The van der Waals surface area contributed by atoms with Gasteiger partial charge in [0.15, 0.2) is 0 Å². The van der Waals surface area contributed by atoms with E-state index in [2.05, 4.69) is 5.32 Å². The van der Waals surface area contributed by atoms with Crippen LogP contribution in [0, 0.1) is 10.1 Å². The number of carbonyl (C=O) groups excluding carboxylic acids is 2. The number of anilines is 1. The fourth-order valence-corrected chi connectivity index (χ4v) is 6.26. The summed E-state index contributed by atoms with van der Waals surface area (Å²) in [5.74, 6) is -0.951. The van der Waals surface area contributed by atoms with Gasteiger partial charge in [0.05, 0.1) is 15.5 Å². The molecule has 0 aliphatic rings. The Morgan fingerprint density at radius 3 is 1.93 bits per heavy atom. The van der Waals surface area contributed by atoms with Gasteiger partial charge in [-0.05, 0) is 41.8 Å². The normalized spacial score (nSPS) is 11.8. The molecule has 0 radical (unpaired) electrons. The van der Waals surface area contributed by atoms with Crippen LogP contribution in [0.15, 0.2) is 120 Å². The number of nitrogens with zero attached hydrogens (tertiary/aromatic N) is 3. The van der Waals surface area contributed by atoms with Crippen molar-refractivity contribution < 1.29 is 22.9 Å². The quantitative estimate of drug-likeness (QED) is 0.107. The zero-order valence-corrected chi connectivity index (χ0v) is 25.8. The van der Waals surface area contributed by atoms with Gasteiger partial charge < -0.3 is 10.2 Å². The number of non-ortho nitro benzene ring substituents is 1. The number of amides is 2. The van der Waals surface area contributed by atoms with Crippen LogP contribution in [0.5, 0.6) is 0 Å². The van der Waals surface area contributed by atoms with Gasteiger partial charge in [0.1, 0.15) is 12.6 Å². The molecule has 4 rings (SSSR count). The number of hydrogen-bond donors (Lipinski definition) is 1. The Kier molecular flexibility index (Phi) is 11.4. The number of unbranched alkanes of at least 4 members (excludes halogenated alkanes) is 1. The Morgan fingerprint density at radius 1 is 0.822 bits per heavy atom. The number of hydrogen-bond acceptors (Lipinski definition) is 6. The zero-order chi connectivity index (χ0) is 32.2. The highest BCUT2D eigenvalue weighted by atomic mass is 32.2. The minimum atomic E-state index is -4.30. The van der Waals surface area contributed by atoms with Gasteiger partial charge in [0, 0.05) is 31.6 Å². The van der Waals surface area contributed by atoms with E-state index in [0.717, 1.165) is 28.3 Å². The lowest BCUT2D eigenvalue weighted by molar-refractivity contribution is -0.384. The Labute approximate surface area is 263 Å². The molecule has 0 unspecified atom stereocenters. The largest absolute Gasteiger partial charge is 0.354 e. The summed E-state index contributed by atoms with van der Waals surface area (Å²) in [6.07, 6.45) is 1.85. The third-order valence-corrected chi connectivity index (χ3v) is 9.04. The average Bonchev–Trinajstić information content (AvgIpc) is 3.06. The molecule has 45 heavy (non-hydrogen) atoms. The van der Waals surface area contributed by atoms with E-state index in [1.807, 2.05) is 67.6 Å². The predicted molar refractivity (Wildman–Crippen MR) is 173 cm³/mol. The molecular weight excluding hydrogens is 592 g/mol. The molecule has 234 valence electrons. The van der Waals surface area contributed by atoms with Gasteiger partial charge in [0.25, 0.3) is 15.7 Å². The molecule has 10 nitrogen and oxygen atoms in total. The number of nitro groups is 1. The van der Waals surface area contributed by atoms with Gasteiger partial charge in [-0.3, -0.25) is 24.0 Å². The van der Waals surface area contributed by atoms with Gasteiger partial charge in [0.2, 0.25) is 11.8 Å². The third kappa shape index (κ3) is 8.76. The highest BCUT2D eigenvalue weighted by Crippen LogP contribution is 2.27. The second-order valence-corrected chi connectivity index (χ2v) is 12.3. The molecule has 11 heteroatoms. The van der Waals surface area contributed by atoms with Crippen molar-refractivity contribution in [2.75, 3.05) is 17.4 Å². The Bertz CT molecular complexity index is 1670. The van der Waals surface area contributed by atoms with Crippen LogP contribution in [0.3, 0.4) is 0 Å². The molecule has 0 bridgehead atoms. The summed E-state index contributed by atoms with van der Waals surface area (Å²) >= 11 is 0. The number of nitro benzene ring substituents is 1. The van der Waals surface area contributed by atoms with Crippen LogP contribution in [-0.2, 0) is 32.6 Å². The van der Waals surface area contributed by atoms with E-state index >= 15 is 0 Å². The van der Waals surface area contributed by atoms with Gasteiger partial charge in [-0.25, -0.2) is 8.42 Å². The number of nitrogens with one attached hydrogen (secondary N) is 1. The summed E-state index contributed by atoms with van der Waals surface area (Å²) in [6.45, 7) is 1.86. The third-order valence-electron chi connectivity index (χ3n) is 7.25. The smallest absolute Gasteiger partial charge is 0.269 e. The van der Waals surface area contributed by atoms with Crippen LogP contribution in [0.2, 0.25) is 0 Å². The lowest BCUT2D eigenvalue weighted by Gasteiger charge is -2.34. The molecule has 4 aromatic carbocycles. The lowest BCUT2D eigenvalue weighted by Crippen LogP contribution is -2.53. The number of rotatable bonds is 15. The highest BCUT2D eigenvalue weighted by Gasteiger charge is 2.34. The van der Waals surface area contributed by atoms with E-state index in [0.29, 0.717) is 6.54 Å². The van der Waals surface area contributed by atoms with Crippen LogP contribution < -0.4 is 9.62 Å². The Balaban J connectivity index is 1.78. The zero-order valence-electron chi connectivity index (χ0n) is 25.0. The van der Waals surface area contributed by atoms with Crippen LogP contribution >= 0.6 is 0 Å². The molecule has 1 atom stereocenters. The fourth-order valence-electron chi connectivity index (χ4n) is 4.83. The Morgan fingerprint density at radius 2 is 1.38 bits per heavy atom. The summed E-state index contributed by atoms with van der Waals surface area (Å²) in [6, 6.07) is 30.2. The van der Waals surface area contributed by atoms with Crippen molar-refractivity contribution in [3.05, 3.63) is 137 Å². The van der Waals surface area contributed by atoms with Crippen molar-refractivity contribution in [2.24, 2.45) is 0 Å². The number of sulfonamides is 1. The monoisotopic (exact) mass is 628 g/mol. The van der Waals surface area contributed by atoms with Crippen molar-refractivity contribution in [1.82, 2.24) is 10.2 Å². The maximum atomic E-state index is 14.4. The molecule has 2 amide bonds. The summed E-state index contributed by atoms with van der Waals surface area (Å²) in [5, 5.41) is 14.3. The first kappa shape index (κ1) is 32.9. The standard InChI is InChI=1S/C34H36N4O6S/c1-2-3-23-35-34(40)32(24-27-13-7-4-8-14-27)36(25-28-15-9-5-10-16-28)33(39)26-37(29-19-21-30(22-20-29)38(41)42)45(43,44)31-17-11-6-12-18-31/h4-22,32H,2-3,23-26H2,1H3,(H,35,40)/t32-/m1/s1. The first-order valence-corrected chi connectivity index (χ1v) is 16.1. The van der Waals surface area contributed by atoms with Crippen molar-refractivity contribution in [1.29, 1.82) is 0 Å². The second-order valence-electron chi connectivity index (χ2n) is 10.5. The topological polar surface area (TPSA) is 130 Å². The van der Waals surface area contributed by atoms with Crippen LogP contribution in [0.4, 0.5) is 11.4 Å². The average molecular weight is 629 g/mol. The molecule has 1 N–H and O–H groups in total. The van der Waals surface area contributed by atoms with E-state index in [-0.39, 0.29) is 35.1 Å². The maximum Gasteiger partial charge on any atom is 0.269 e. The van der Waals surface area contributed by atoms with Crippen LogP contribution in [-0.4, -0.2) is 49.2 Å². The molecule has 0 heterocycles. The minimum absolute atomic E-state index is 0.0519. The van der Waals surface area contributed by atoms with Crippen molar-refractivity contribution in [3.8, 4) is 0 Å². The molecule has 0 saturated carbocycles. The SMILES string of the molecule is CCCCNC(=O)[C@@H](Cc1ccccc1)N(Cc1ccccc1)C(=O)CN(c1ccc([N+](=O)[O-])cc1)S(=O)(=O)c1ccccc1. The lowest BCUT2D eigenvalue weighted by atomic mass is 10.0. The number of carbonyl (C=O) groups is 2. The molecule has 0 saturated heterocycles. The van der Waals surface area contributed by atoms with Gasteiger partial charge in [-0.1, -0.05) is 92.2 Å². The molecule has 0 fully saturated rings. The molecular formula is C34H36N4O6S. The fraction of sp³-hybridized carbons (Fsp3) is 0.235. The summed E-state index contributed by atoms with van der Waals surface area (Å²) < 4.78 is 28.9. The predicted octanol–water partition coefficient (Wildman–Crippen LogP) is 5.35. The van der Waals surface area contributed by atoms with Crippen molar-refractivity contribution in [2.45, 2.75) is 43.7 Å². The summed E-state index contributed by atoms with van der Waals surface area (Å²) in [7, 11) is -4.30. The van der Waals surface area contributed by atoms with E-state index in [1.54, 1.807) is 18.2 Å². The highest BCUT2D eigenvalue weighted by molar-refractivity contribution is 7.92. The van der Waals surface area contributed by atoms with Crippen molar-refractivity contribution >= 4 is 33.2 Å².